The van der Waals surface area contributed by atoms with Gasteiger partial charge in [0.15, 0.2) is 0 Å². The molecule has 0 amide bonds. The van der Waals surface area contributed by atoms with Crippen molar-refractivity contribution in [1.29, 1.82) is 0 Å². The number of benzene rings is 1. The highest BCUT2D eigenvalue weighted by Gasteiger charge is 2.28. The van der Waals surface area contributed by atoms with Crippen molar-refractivity contribution in [2.75, 3.05) is 20.1 Å². The predicted octanol–water partition coefficient (Wildman–Crippen LogP) is 4.47. The van der Waals surface area contributed by atoms with Crippen molar-refractivity contribution in [2.45, 2.75) is 45.7 Å². The van der Waals surface area contributed by atoms with Gasteiger partial charge in [-0.25, -0.2) is 0 Å². The van der Waals surface area contributed by atoms with Crippen LogP contribution in [0.25, 0.3) is 0 Å². The van der Waals surface area contributed by atoms with E-state index in [2.05, 4.69) is 78.2 Å². The van der Waals surface area contributed by atoms with E-state index in [4.69, 9.17) is 0 Å². The van der Waals surface area contributed by atoms with Gasteiger partial charge in [0.25, 0.3) is 0 Å². The lowest BCUT2D eigenvalue weighted by molar-refractivity contribution is 0.0760. The molecule has 2 nitrogen and oxygen atoms in total. The topological polar surface area (TPSA) is 15.3 Å². The van der Waals surface area contributed by atoms with Crippen molar-refractivity contribution >= 4 is 15.9 Å². The molecule has 0 saturated carbocycles. The van der Waals surface area contributed by atoms with Gasteiger partial charge in [-0.2, -0.15) is 0 Å². The van der Waals surface area contributed by atoms with Crippen LogP contribution in [0, 0.1) is 11.8 Å². The Morgan fingerprint density at radius 3 is 2.76 bits per heavy atom. The molecule has 0 spiro atoms. The van der Waals surface area contributed by atoms with Crippen LogP contribution in [0.2, 0.25) is 0 Å². The summed E-state index contributed by atoms with van der Waals surface area (Å²) in [7, 11) is 2.07. The number of rotatable bonds is 5. The fraction of sp³-hybridized carbons (Fsp3) is 0.667. The smallest absolute Gasteiger partial charge is 0.0330 e. The molecule has 21 heavy (non-hydrogen) atoms. The summed E-state index contributed by atoms with van der Waals surface area (Å²) < 4.78 is 1.16. The Hall–Kier alpha value is -0.380. The highest BCUT2D eigenvalue weighted by Crippen LogP contribution is 2.28. The second-order valence-electron chi connectivity index (χ2n) is 6.74. The lowest BCUT2D eigenvalue weighted by Gasteiger charge is -2.41. The van der Waals surface area contributed by atoms with Crippen LogP contribution in [-0.4, -0.2) is 31.1 Å². The van der Waals surface area contributed by atoms with Gasteiger partial charge in [0, 0.05) is 29.6 Å². The Morgan fingerprint density at radius 1 is 1.33 bits per heavy atom. The minimum Gasteiger partial charge on any atom is -0.313 e. The molecular formula is C18H29BrN2. The fourth-order valence-corrected chi connectivity index (χ4v) is 4.04. The third-order valence-corrected chi connectivity index (χ3v) is 5.52. The molecule has 1 fully saturated rings. The fourth-order valence-electron chi connectivity index (χ4n) is 3.62. The molecular weight excluding hydrogens is 324 g/mol. The first-order valence-electron chi connectivity index (χ1n) is 8.18. The molecule has 118 valence electrons. The average Bonchev–Trinajstić information content (AvgIpc) is 2.44. The van der Waals surface area contributed by atoms with Gasteiger partial charge in [0.1, 0.15) is 0 Å². The molecule has 1 aliphatic heterocycles. The third-order valence-electron chi connectivity index (χ3n) is 5.02. The number of hydrogen-bond acceptors (Lipinski definition) is 2. The Balaban J connectivity index is 1.96. The molecule has 0 aliphatic carbocycles. The van der Waals surface area contributed by atoms with E-state index in [9.17, 15) is 0 Å². The summed E-state index contributed by atoms with van der Waals surface area (Å²) in [5.74, 6) is 1.64. The number of halogens is 1. The van der Waals surface area contributed by atoms with E-state index in [-0.39, 0.29) is 0 Å². The van der Waals surface area contributed by atoms with Gasteiger partial charge in [-0.1, -0.05) is 41.9 Å². The molecule has 2 rings (SSSR count). The predicted molar refractivity (Wildman–Crippen MR) is 94.5 cm³/mol. The molecule has 3 heteroatoms. The maximum Gasteiger partial charge on any atom is 0.0330 e. The number of nitrogens with one attached hydrogen (secondary N) is 1. The van der Waals surface area contributed by atoms with Crippen LogP contribution in [0.15, 0.2) is 28.7 Å². The van der Waals surface area contributed by atoms with Gasteiger partial charge in [-0.3, -0.25) is 0 Å². The Bertz CT molecular complexity index is 449. The van der Waals surface area contributed by atoms with E-state index >= 15 is 0 Å². The van der Waals surface area contributed by atoms with Crippen LogP contribution in [0.5, 0.6) is 0 Å². The molecule has 0 aromatic heterocycles. The molecule has 1 heterocycles. The van der Waals surface area contributed by atoms with Crippen LogP contribution in [0.1, 0.15) is 45.2 Å². The van der Waals surface area contributed by atoms with E-state index < -0.39 is 0 Å². The molecule has 1 saturated heterocycles. The average molecular weight is 353 g/mol. The first-order chi connectivity index (χ1) is 10.0. The monoisotopic (exact) mass is 352 g/mol. The minimum absolute atomic E-state index is 0.433. The number of piperidine rings is 1. The summed E-state index contributed by atoms with van der Waals surface area (Å²) >= 11 is 3.57. The zero-order valence-electron chi connectivity index (χ0n) is 13.8. The summed E-state index contributed by atoms with van der Waals surface area (Å²) in [6.45, 7) is 9.61. The van der Waals surface area contributed by atoms with Crippen molar-refractivity contribution in [3.8, 4) is 0 Å². The van der Waals surface area contributed by atoms with Gasteiger partial charge < -0.3 is 10.2 Å². The summed E-state index contributed by atoms with van der Waals surface area (Å²) in [5, 5.41) is 3.47. The second kappa shape index (κ2) is 7.75. The van der Waals surface area contributed by atoms with Crippen LogP contribution < -0.4 is 5.32 Å². The molecule has 1 N–H and O–H groups in total. The number of hydrogen-bond donors (Lipinski definition) is 1. The van der Waals surface area contributed by atoms with Crippen molar-refractivity contribution < 1.29 is 0 Å². The molecule has 1 aliphatic rings. The van der Waals surface area contributed by atoms with Crippen molar-refractivity contribution in [1.82, 2.24) is 10.2 Å². The quantitative estimate of drug-likeness (QED) is 0.840. The van der Waals surface area contributed by atoms with Gasteiger partial charge in [0.2, 0.25) is 0 Å². The molecule has 4 atom stereocenters. The number of likely N-dealkylation sites (tertiary alicyclic amines) is 1. The summed E-state index contributed by atoms with van der Waals surface area (Å²) in [4.78, 5) is 2.68. The first-order valence-corrected chi connectivity index (χ1v) is 8.97. The Labute approximate surface area is 138 Å². The van der Waals surface area contributed by atoms with E-state index in [1.165, 1.54) is 25.1 Å². The second-order valence-corrected chi connectivity index (χ2v) is 7.65. The van der Waals surface area contributed by atoms with Gasteiger partial charge in [-0.15, -0.1) is 0 Å². The SMILES string of the molecule is CNC(CCN1CC(C)CC(C)C1C)c1cccc(Br)c1. The lowest BCUT2D eigenvalue weighted by atomic mass is 9.85. The number of nitrogens with zero attached hydrogens (tertiary/aromatic N) is 1. The van der Waals surface area contributed by atoms with Gasteiger partial charge in [-0.05, 0) is 56.3 Å². The standard InChI is InChI=1S/C18H29BrN2/c1-13-10-14(2)15(3)21(12-13)9-8-18(20-4)16-6-5-7-17(19)11-16/h5-7,11,13-15,18,20H,8-10,12H2,1-4H3. The van der Waals surface area contributed by atoms with Crippen molar-refractivity contribution in [3.63, 3.8) is 0 Å². The maximum atomic E-state index is 3.57. The molecule has 1 aromatic carbocycles. The molecule has 4 unspecified atom stereocenters. The van der Waals surface area contributed by atoms with E-state index in [0.29, 0.717) is 12.1 Å². The van der Waals surface area contributed by atoms with Crippen LogP contribution >= 0.6 is 15.9 Å². The molecule has 0 bridgehead atoms. The van der Waals surface area contributed by atoms with Crippen LogP contribution in [0.4, 0.5) is 0 Å². The highest BCUT2D eigenvalue weighted by atomic mass is 79.9. The third kappa shape index (κ3) is 4.54. The summed E-state index contributed by atoms with van der Waals surface area (Å²) in [6.07, 6.45) is 2.54. The lowest BCUT2D eigenvalue weighted by Crippen LogP contribution is -2.46. The van der Waals surface area contributed by atoms with Crippen molar-refractivity contribution in [2.24, 2.45) is 11.8 Å². The highest BCUT2D eigenvalue weighted by molar-refractivity contribution is 9.10. The van der Waals surface area contributed by atoms with Gasteiger partial charge in [0.05, 0.1) is 0 Å². The van der Waals surface area contributed by atoms with Crippen molar-refractivity contribution in [3.05, 3.63) is 34.3 Å². The summed E-state index contributed by atoms with van der Waals surface area (Å²) in [5.41, 5.74) is 1.37. The van der Waals surface area contributed by atoms with Gasteiger partial charge >= 0.3 is 0 Å². The van der Waals surface area contributed by atoms with E-state index in [0.717, 1.165) is 22.7 Å². The van der Waals surface area contributed by atoms with E-state index in [1.54, 1.807) is 0 Å². The normalized spacial score (nSPS) is 28.5. The molecule has 1 aromatic rings. The minimum atomic E-state index is 0.433. The summed E-state index contributed by atoms with van der Waals surface area (Å²) in [6, 6.07) is 9.80. The zero-order chi connectivity index (χ0) is 15.4. The van der Waals surface area contributed by atoms with E-state index in [1.807, 2.05) is 0 Å². The Morgan fingerprint density at radius 2 is 2.10 bits per heavy atom. The van der Waals surface area contributed by atoms with Crippen LogP contribution in [0.3, 0.4) is 0 Å². The largest absolute Gasteiger partial charge is 0.313 e. The molecule has 0 radical (unpaired) electrons. The Kier molecular flexibility index (Phi) is 6.27. The zero-order valence-corrected chi connectivity index (χ0v) is 15.4. The maximum absolute atomic E-state index is 3.57. The van der Waals surface area contributed by atoms with Crippen LogP contribution in [-0.2, 0) is 0 Å². The first kappa shape index (κ1) is 17.0.